The number of rotatable bonds is 1. The van der Waals surface area contributed by atoms with Gasteiger partial charge >= 0.3 is 0 Å². The van der Waals surface area contributed by atoms with Crippen molar-refractivity contribution in [3.8, 4) is 0 Å². The molecule has 1 amide bonds. The van der Waals surface area contributed by atoms with E-state index < -0.39 is 0 Å². The van der Waals surface area contributed by atoms with Gasteiger partial charge in [0.25, 0.3) is 0 Å². The lowest BCUT2D eigenvalue weighted by Gasteiger charge is -2.00. The third-order valence-electron chi connectivity index (χ3n) is 2.16. The van der Waals surface area contributed by atoms with Gasteiger partial charge < -0.3 is 5.32 Å². The van der Waals surface area contributed by atoms with Gasteiger partial charge in [0.1, 0.15) is 0 Å². The first-order chi connectivity index (χ1) is 6.20. The number of nitrogens with one attached hydrogen (secondary N) is 1. The molecular weight excluding hydrogens is 166 g/mol. The van der Waals surface area contributed by atoms with Gasteiger partial charge in [-0.05, 0) is 19.3 Å². The van der Waals surface area contributed by atoms with Crippen LogP contribution in [0, 0.1) is 0 Å². The second-order valence-electron chi connectivity index (χ2n) is 3.35. The zero-order valence-electron chi connectivity index (χ0n) is 7.93. The zero-order valence-corrected chi connectivity index (χ0v) is 7.93. The molecule has 0 heterocycles. The number of allylic oxidation sites excluding steroid dienone is 1. The van der Waals surface area contributed by atoms with E-state index in [0.29, 0.717) is 6.42 Å². The van der Waals surface area contributed by atoms with Crippen LogP contribution in [0.4, 0.5) is 0 Å². The Morgan fingerprint density at radius 3 is 2.69 bits per heavy atom. The number of hydrogen-bond acceptors (Lipinski definition) is 2. The Bertz CT molecular complexity index is 243. The lowest BCUT2D eigenvalue weighted by Crippen LogP contribution is -2.14. The van der Waals surface area contributed by atoms with E-state index in [1.54, 1.807) is 6.20 Å². The lowest BCUT2D eigenvalue weighted by molar-refractivity contribution is -0.118. The number of carbonyl (C=O) groups excluding carboxylic acids is 2. The van der Waals surface area contributed by atoms with Crippen molar-refractivity contribution < 1.29 is 9.59 Å². The van der Waals surface area contributed by atoms with Crippen LogP contribution in [0.5, 0.6) is 0 Å². The molecule has 0 aromatic carbocycles. The minimum absolute atomic E-state index is 0.121. The summed E-state index contributed by atoms with van der Waals surface area (Å²) >= 11 is 0. The van der Waals surface area contributed by atoms with E-state index in [9.17, 15) is 9.59 Å². The molecule has 0 radical (unpaired) electrons. The van der Waals surface area contributed by atoms with Crippen molar-refractivity contribution >= 4 is 11.7 Å². The minimum Gasteiger partial charge on any atom is -0.333 e. The maximum absolute atomic E-state index is 11.4. The van der Waals surface area contributed by atoms with Crippen LogP contribution < -0.4 is 5.32 Å². The molecule has 0 atom stereocenters. The Morgan fingerprint density at radius 2 is 2.00 bits per heavy atom. The average molecular weight is 181 g/mol. The Hall–Kier alpha value is -1.12. The van der Waals surface area contributed by atoms with E-state index in [0.717, 1.165) is 31.3 Å². The van der Waals surface area contributed by atoms with Gasteiger partial charge in [-0.15, -0.1) is 0 Å². The first-order valence-electron chi connectivity index (χ1n) is 4.69. The minimum atomic E-state index is -0.121. The number of ketones is 1. The maximum atomic E-state index is 11.4. The van der Waals surface area contributed by atoms with Gasteiger partial charge in [-0.1, -0.05) is 6.42 Å². The average Bonchev–Trinajstić information content (AvgIpc) is 2.27. The maximum Gasteiger partial charge on any atom is 0.220 e. The van der Waals surface area contributed by atoms with Crippen molar-refractivity contribution in [2.75, 3.05) is 0 Å². The predicted molar refractivity (Wildman–Crippen MR) is 50.0 cm³/mol. The number of amides is 1. The first kappa shape index (κ1) is 9.96. The topological polar surface area (TPSA) is 46.2 Å². The largest absolute Gasteiger partial charge is 0.333 e. The smallest absolute Gasteiger partial charge is 0.220 e. The molecule has 0 aromatic heterocycles. The summed E-state index contributed by atoms with van der Waals surface area (Å²) in [6.45, 7) is 1.44. The van der Waals surface area contributed by atoms with Gasteiger partial charge in [0.15, 0.2) is 5.78 Å². The molecular formula is C10H15NO2. The molecule has 72 valence electrons. The Balaban J connectivity index is 2.58. The van der Waals surface area contributed by atoms with Crippen molar-refractivity contribution in [2.24, 2.45) is 0 Å². The van der Waals surface area contributed by atoms with E-state index in [2.05, 4.69) is 5.32 Å². The summed E-state index contributed by atoms with van der Waals surface area (Å²) in [4.78, 5) is 22.0. The number of hydrogen-bond donors (Lipinski definition) is 1. The summed E-state index contributed by atoms with van der Waals surface area (Å²) in [5, 5.41) is 2.55. The van der Waals surface area contributed by atoms with Gasteiger partial charge in [-0.3, -0.25) is 9.59 Å². The molecule has 0 aliphatic heterocycles. The van der Waals surface area contributed by atoms with E-state index in [-0.39, 0.29) is 11.7 Å². The molecule has 13 heavy (non-hydrogen) atoms. The van der Waals surface area contributed by atoms with Gasteiger partial charge in [-0.2, -0.15) is 0 Å². The molecule has 1 aliphatic carbocycles. The molecule has 1 fully saturated rings. The van der Waals surface area contributed by atoms with Crippen molar-refractivity contribution in [1.29, 1.82) is 0 Å². The van der Waals surface area contributed by atoms with Crippen LogP contribution in [0.3, 0.4) is 0 Å². The van der Waals surface area contributed by atoms with Crippen LogP contribution in [0.25, 0.3) is 0 Å². The summed E-state index contributed by atoms with van der Waals surface area (Å²) < 4.78 is 0. The van der Waals surface area contributed by atoms with Crippen LogP contribution in [0.1, 0.15) is 39.0 Å². The molecule has 0 aromatic rings. The molecule has 0 spiro atoms. The fraction of sp³-hybridized carbons (Fsp3) is 0.600. The molecule has 1 saturated carbocycles. The predicted octanol–water partition coefficient (Wildman–Crippen LogP) is 1.54. The van der Waals surface area contributed by atoms with Gasteiger partial charge in [-0.25, -0.2) is 0 Å². The highest BCUT2D eigenvalue weighted by atomic mass is 16.1. The molecule has 1 aliphatic rings. The molecule has 1 N–H and O–H groups in total. The van der Waals surface area contributed by atoms with Gasteiger partial charge in [0.05, 0.1) is 0 Å². The Kier molecular flexibility index (Phi) is 3.68. The Labute approximate surface area is 78.2 Å². The van der Waals surface area contributed by atoms with Crippen LogP contribution in [0.15, 0.2) is 11.8 Å². The summed E-state index contributed by atoms with van der Waals surface area (Å²) in [5.74, 6) is 0.0656. The van der Waals surface area contributed by atoms with Crippen molar-refractivity contribution in [3.63, 3.8) is 0 Å². The van der Waals surface area contributed by atoms with E-state index in [1.165, 1.54) is 6.92 Å². The molecule has 0 unspecified atom stereocenters. The van der Waals surface area contributed by atoms with Crippen LogP contribution >= 0.6 is 0 Å². The third kappa shape index (κ3) is 3.40. The summed E-state index contributed by atoms with van der Waals surface area (Å²) in [7, 11) is 0. The normalized spacial score (nSPS) is 21.3. The van der Waals surface area contributed by atoms with Gasteiger partial charge in [0.2, 0.25) is 5.91 Å². The van der Waals surface area contributed by atoms with E-state index >= 15 is 0 Å². The second kappa shape index (κ2) is 4.80. The van der Waals surface area contributed by atoms with Crippen LogP contribution in [-0.4, -0.2) is 11.7 Å². The molecule has 3 nitrogen and oxygen atoms in total. The molecule has 3 heteroatoms. The highest BCUT2D eigenvalue weighted by Gasteiger charge is 2.12. The van der Waals surface area contributed by atoms with E-state index in [4.69, 9.17) is 0 Å². The fourth-order valence-corrected chi connectivity index (χ4v) is 1.42. The number of carbonyl (C=O) groups is 2. The standard InChI is InChI=1S/C10H15NO2/c1-8(12)11-7-9-5-3-2-4-6-10(9)13/h7H,2-6H2,1H3,(H,11,12)/b9-7-. The zero-order chi connectivity index (χ0) is 9.68. The monoisotopic (exact) mass is 181 g/mol. The summed E-state index contributed by atoms with van der Waals surface area (Å²) in [6.07, 6.45) is 6.15. The third-order valence-corrected chi connectivity index (χ3v) is 2.16. The Morgan fingerprint density at radius 1 is 1.31 bits per heavy atom. The van der Waals surface area contributed by atoms with Crippen LogP contribution in [-0.2, 0) is 9.59 Å². The summed E-state index contributed by atoms with van der Waals surface area (Å²) in [6, 6.07) is 0. The van der Waals surface area contributed by atoms with Crippen molar-refractivity contribution in [3.05, 3.63) is 11.8 Å². The summed E-state index contributed by atoms with van der Waals surface area (Å²) in [5.41, 5.74) is 0.771. The molecule has 1 rings (SSSR count). The van der Waals surface area contributed by atoms with Crippen molar-refractivity contribution in [2.45, 2.75) is 39.0 Å². The quantitative estimate of drug-likeness (QED) is 0.492. The van der Waals surface area contributed by atoms with Crippen LogP contribution in [0.2, 0.25) is 0 Å². The van der Waals surface area contributed by atoms with Crippen molar-refractivity contribution in [1.82, 2.24) is 5.32 Å². The highest BCUT2D eigenvalue weighted by Crippen LogP contribution is 2.18. The fourth-order valence-electron chi connectivity index (χ4n) is 1.42. The highest BCUT2D eigenvalue weighted by molar-refractivity contribution is 5.95. The number of Topliss-reactive ketones (excluding diaryl/α,β-unsaturated/α-hetero) is 1. The SMILES string of the molecule is CC(=O)N/C=C1/CCCCCC1=O. The van der Waals surface area contributed by atoms with Gasteiger partial charge in [0, 0.05) is 25.1 Å². The molecule has 0 saturated heterocycles. The second-order valence-corrected chi connectivity index (χ2v) is 3.35. The lowest BCUT2D eigenvalue weighted by atomic mass is 10.1. The first-order valence-corrected chi connectivity index (χ1v) is 4.69. The molecule has 0 bridgehead atoms. The van der Waals surface area contributed by atoms with E-state index in [1.807, 2.05) is 0 Å².